The zero-order valence-electron chi connectivity index (χ0n) is 23.1. The molecule has 0 saturated heterocycles. The van der Waals surface area contributed by atoms with Gasteiger partial charge in [0.05, 0.1) is 56.9 Å². The Bertz CT molecular complexity index is 1710. The molecule has 0 N–H and O–H groups in total. The molecule has 7 nitrogen and oxygen atoms in total. The first kappa shape index (κ1) is 25.9. The molecule has 0 aliphatic rings. The van der Waals surface area contributed by atoms with Crippen LogP contribution in [0.4, 0.5) is 17.1 Å². The number of hydrogen-bond acceptors (Lipinski definition) is 7. The third-order valence-electron chi connectivity index (χ3n) is 6.86. The van der Waals surface area contributed by atoms with Crippen molar-refractivity contribution in [2.45, 2.75) is 0 Å². The minimum absolute atomic E-state index is 0.739. The molecule has 7 aromatic rings. The molecule has 0 spiro atoms. The van der Waals surface area contributed by atoms with Crippen molar-refractivity contribution in [2.24, 2.45) is 0 Å². The van der Waals surface area contributed by atoms with Crippen LogP contribution in [0.3, 0.4) is 0 Å². The van der Waals surface area contributed by atoms with E-state index in [1.807, 2.05) is 91.0 Å². The van der Waals surface area contributed by atoms with Gasteiger partial charge in [-0.2, -0.15) is 0 Å². The summed E-state index contributed by atoms with van der Waals surface area (Å²) in [7, 11) is 0. The lowest BCUT2D eigenvalue weighted by molar-refractivity contribution is 1.18. The predicted octanol–water partition coefficient (Wildman–Crippen LogP) is 8.19. The number of hydrogen-bond donors (Lipinski definition) is 0. The molecule has 0 fully saturated rings. The Morgan fingerprint density at radius 3 is 0.930 bits per heavy atom. The SMILES string of the molecule is c1ccc(N(c2cc(-c3ccccn3)nc(-c3ccccn3)c2)c2cc(-c3ccccn3)nc(-c3ccccn3)c2)cc1. The van der Waals surface area contributed by atoms with Crippen molar-refractivity contribution in [1.82, 2.24) is 29.9 Å². The maximum Gasteiger partial charge on any atom is 0.0915 e. The molecule has 6 aromatic heterocycles. The number of benzene rings is 1. The highest BCUT2D eigenvalue weighted by molar-refractivity contribution is 5.84. The first-order valence-corrected chi connectivity index (χ1v) is 13.9. The van der Waals surface area contributed by atoms with Crippen molar-refractivity contribution in [1.29, 1.82) is 0 Å². The van der Waals surface area contributed by atoms with E-state index in [1.54, 1.807) is 24.8 Å². The fourth-order valence-corrected chi connectivity index (χ4v) is 4.90. The van der Waals surface area contributed by atoms with E-state index in [-0.39, 0.29) is 0 Å². The van der Waals surface area contributed by atoms with Crippen molar-refractivity contribution >= 4 is 17.1 Å². The average Bonchev–Trinajstić information content (AvgIpc) is 3.10. The van der Waals surface area contributed by atoms with Gasteiger partial charge in [-0.3, -0.25) is 19.9 Å². The predicted molar refractivity (Wildman–Crippen MR) is 170 cm³/mol. The number of aromatic nitrogens is 6. The molecule has 0 unspecified atom stereocenters. The molecule has 0 aliphatic heterocycles. The minimum Gasteiger partial charge on any atom is -0.310 e. The van der Waals surface area contributed by atoms with Crippen molar-refractivity contribution in [2.75, 3.05) is 4.90 Å². The van der Waals surface area contributed by atoms with Crippen LogP contribution >= 0.6 is 0 Å². The van der Waals surface area contributed by atoms with Crippen LogP contribution in [0.15, 0.2) is 152 Å². The van der Waals surface area contributed by atoms with Crippen molar-refractivity contribution < 1.29 is 0 Å². The third kappa shape index (κ3) is 5.60. The second-order valence-electron chi connectivity index (χ2n) is 9.72. The Morgan fingerprint density at radius 2 is 0.628 bits per heavy atom. The zero-order chi connectivity index (χ0) is 28.8. The van der Waals surface area contributed by atoms with Gasteiger partial charge in [0, 0.05) is 30.5 Å². The summed E-state index contributed by atoms with van der Waals surface area (Å²) in [6.45, 7) is 0. The van der Waals surface area contributed by atoms with Gasteiger partial charge in [-0.15, -0.1) is 0 Å². The van der Waals surface area contributed by atoms with Gasteiger partial charge < -0.3 is 4.90 Å². The Kier molecular flexibility index (Phi) is 7.10. The van der Waals surface area contributed by atoms with Crippen LogP contribution in [0.25, 0.3) is 45.6 Å². The van der Waals surface area contributed by atoms with Crippen LogP contribution in [0, 0.1) is 0 Å². The Hall–Kier alpha value is -6.08. The van der Waals surface area contributed by atoms with E-state index in [0.29, 0.717) is 0 Å². The van der Waals surface area contributed by atoms with E-state index < -0.39 is 0 Å². The molecule has 1 aromatic carbocycles. The normalized spacial score (nSPS) is 10.8. The molecule has 0 saturated carbocycles. The molecule has 43 heavy (non-hydrogen) atoms. The number of para-hydroxylation sites is 1. The number of nitrogens with zero attached hydrogens (tertiary/aromatic N) is 7. The summed E-state index contributed by atoms with van der Waals surface area (Å²) in [6.07, 6.45) is 7.11. The van der Waals surface area contributed by atoms with Gasteiger partial charge in [-0.25, -0.2) is 9.97 Å². The van der Waals surface area contributed by atoms with Crippen LogP contribution < -0.4 is 4.90 Å². The van der Waals surface area contributed by atoms with E-state index in [1.165, 1.54) is 0 Å². The van der Waals surface area contributed by atoms with E-state index >= 15 is 0 Å². The van der Waals surface area contributed by atoms with Crippen LogP contribution in [0.1, 0.15) is 0 Å². The van der Waals surface area contributed by atoms with Crippen LogP contribution in [0.2, 0.25) is 0 Å². The van der Waals surface area contributed by atoms with Crippen LogP contribution in [-0.2, 0) is 0 Å². The molecule has 7 heteroatoms. The standard InChI is InChI=1S/C36H25N7/c1-2-12-26(13-3-1)43(27-22-33(29-14-4-8-18-37-29)41-34(23-27)30-15-5-9-19-38-30)28-24-35(31-16-6-10-20-39-31)42-36(25-28)32-17-7-11-21-40-32/h1-25H. The lowest BCUT2D eigenvalue weighted by Gasteiger charge is -2.27. The van der Waals surface area contributed by atoms with Crippen molar-refractivity contribution in [3.05, 3.63) is 152 Å². The maximum absolute atomic E-state index is 4.99. The lowest BCUT2D eigenvalue weighted by Crippen LogP contribution is -2.12. The second kappa shape index (κ2) is 11.8. The average molecular weight is 556 g/mol. The summed E-state index contributed by atoms with van der Waals surface area (Å²) in [5, 5.41) is 0. The molecule has 0 amide bonds. The highest BCUT2D eigenvalue weighted by Gasteiger charge is 2.20. The first-order chi connectivity index (χ1) is 21.3. The Balaban J connectivity index is 1.49. The molecule has 0 aliphatic carbocycles. The van der Waals surface area contributed by atoms with Gasteiger partial charge in [-0.05, 0) is 84.9 Å². The van der Waals surface area contributed by atoms with Crippen LogP contribution in [-0.4, -0.2) is 29.9 Å². The Morgan fingerprint density at radius 1 is 0.302 bits per heavy atom. The van der Waals surface area contributed by atoms with Gasteiger partial charge in [0.15, 0.2) is 0 Å². The summed E-state index contributed by atoms with van der Waals surface area (Å²) in [5.41, 5.74) is 8.80. The van der Waals surface area contributed by atoms with E-state index in [4.69, 9.17) is 9.97 Å². The summed E-state index contributed by atoms with van der Waals surface area (Å²) in [5.74, 6) is 0. The first-order valence-electron chi connectivity index (χ1n) is 13.9. The zero-order valence-corrected chi connectivity index (χ0v) is 23.1. The van der Waals surface area contributed by atoms with E-state index in [2.05, 4.69) is 61.2 Å². The summed E-state index contributed by atoms with van der Waals surface area (Å²) >= 11 is 0. The minimum atomic E-state index is 0.739. The molecule has 204 valence electrons. The third-order valence-corrected chi connectivity index (χ3v) is 6.86. The fraction of sp³-hybridized carbons (Fsp3) is 0. The topological polar surface area (TPSA) is 80.6 Å². The number of pyridine rings is 6. The van der Waals surface area contributed by atoms with Gasteiger partial charge in [-0.1, -0.05) is 42.5 Å². The smallest absolute Gasteiger partial charge is 0.0915 e. The number of anilines is 3. The lowest BCUT2D eigenvalue weighted by atomic mass is 10.1. The monoisotopic (exact) mass is 555 g/mol. The van der Waals surface area contributed by atoms with Gasteiger partial charge in [0.25, 0.3) is 0 Å². The van der Waals surface area contributed by atoms with Crippen molar-refractivity contribution in [3.63, 3.8) is 0 Å². The molecule has 0 radical (unpaired) electrons. The summed E-state index contributed by atoms with van der Waals surface area (Å²) < 4.78 is 0. The van der Waals surface area contributed by atoms with Gasteiger partial charge >= 0.3 is 0 Å². The highest BCUT2D eigenvalue weighted by atomic mass is 15.1. The molecular formula is C36H25N7. The van der Waals surface area contributed by atoms with Crippen LogP contribution in [0.5, 0.6) is 0 Å². The Labute approximate surface area is 249 Å². The molecule has 0 atom stereocenters. The maximum atomic E-state index is 4.99. The largest absolute Gasteiger partial charge is 0.310 e. The molecule has 6 heterocycles. The van der Waals surface area contributed by atoms with Crippen molar-refractivity contribution in [3.8, 4) is 45.6 Å². The quantitative estimate of drug-likeness (QED) is 0.196. The molecule has 7 rings (SSSR count). The van der Waals surface area contributed by atoms with Gasteiger partial charge in [0.1, 0.15) is 0 Å². The summed E-state index contributed by atoms with van der Waals surface area (Å²) in [6, 6.07) is 41.8. The van der Waals surface area contributed by atoms with E-state index in [9.17, 15) is 0 Å². The molecular weight excluding hydrogens is 530 g/mol. The fourth-order valence-electron chi connectivity index (χ4n) is 4.90. The van der Waals surface area contributed by atoms with E-state index in [0.717, 1.165) is 62.6 Å². The second-order valence-corrected chi connectivity index (χ2v) is 9.72. The summed E-state index contributed by atoms with van der Waals surface area (Å²) in [4.78, 5) is 30.6. The highest BCUT2D eigenvalue weighted by Crippen LogP contribution is 2.40. The molecule has 0 bridgehead atoms. The van der Waals surface area contributed by atoms with Gasteiger partial charge in [0.2, 0.25) is 0 Å². The number of rotatable bonds is 7.